The van der Waals surface area contributed by atoms with Crippen molar-refractivity contribution in [2.75, 3.05) is 0 Å². The number of halogens is 2. The van der Waals surface area contributed by atoms with Crippen molar-refractivity contribution >= 4 is 22.2 Å². The van der Waals surface area contributed by atoms with Gasteiger partial charge in [-0.25, -0.2) is 4.39 Å². The summed E-state index contributed by atoms with van der Waals surface area (Å²) < 4.78 is 13.4. The van der Waals surface area contributed by atoms with Gasteiger partial charge in [-0.3, -0.25) is 4.79 Å². The lowest BCUT2D eigenvalue weighted by Crippen LogP contribution is -1.97. The van der Waals surface area contributed by atoms with Gasteiger partial charge in [-0.2, -0.15) is 0 Å². The summed E-state index contributed by atoms with van der Waals surface area (Å²) in [4.78, 5) is 10.6. The molecule has 0 aliphatic heterocycles. The van der Waals surface area contributed by atoms with Crippen LogP contribution in [0, 0.1) is 19.7 Å². The van der Waals surface area contributed by atoms with E-state index >= 15 is 0 Å². The largest absolute Gasteiger partial charge is 0.504 e. The van der Waals surface area contributed by atoms with Crippen LogP contribution in [-0.4, -0.2) is 11.4 Å². The summed E-state index contributed by atoms with van der Waals surface area (Å²) in [6.45, 7) is 3.10. The lowest BCUT2D eigenvalue weighted by Gasteiger charge is -2.09. The average molecular weight is 247 g/mol. The van der Waals surface area contributed by atoms with Gasteiger partial charge in [-0.15, -0.1) is 0 Å². The highest BCUT2D eigenvalue weighted by molar-refractivity contribution is 9.10. The molecule has 0 amide bonds. The first kappa shape index (κ1) is 10.2. The number of aldehydes is 1. The molecule has 0 bridgehead atoms. The van der Waals surface area contributed by atoms with Crippen LogP contribution in [0.15, 0.2) is 4.47 Å². The molecule has 13 heavy (non-hydrogen) atoms. The molecule has 0 atom stereocenters. The van der Waals surface area contributed by atoms with Crippen LogP contribution < -0.4 is 0 Å². The smallest absolute Gasteiger partial charge is 0.169 e. The Kier molecular flexibility index (Phi) is 2.71. The topological polar surface area (TPSA) is 37.3 Å². The lowest BCUT2D eigenvalue weighted by molar-refractivity contribution is 0.112. The summed E-state index contributed by atoms with van der Waals surface area (Å²) in [7, 11) is 0. The van der Waals surface area contributed by atoms with Gasteiger partial charge in [0.2, 0.25) is 0 Å². The van der Waals surface area contributed by atoms with Gasteiger partial charge in [-0.05, 0) is 40.9 Å². The van der Waals surface area contributed by atoms with Gasteiger partial charge in [0.25, 0.3) is 0 Å². The molecule has 1 rings (SSSR count). The molecule has 1 aromatic carbocycles. The number of carbonyl (C=O) groups excluding carboxylic acids is 1. The van der Waals surface area contributed by atoms with Crippen LogP contribution in [0.2, 0.25) is 0 Å². The number of hydrogen-bond acceptors (Lipinski definition) is 2. The minimum atomic E-state index is -0.750. The lowest BCUT2D eigenvalue weighted by atomic mass is 10.0. The Morgan fingerprint density at radius 1 is 1.38 bits per heavy atom. The highest BCUT2D eigenvalue weighted by Crippen LogP contribution is 2.34. The van der Waals surface area contributed by atoms with Crippen molar-refractivity contribution in [3.8, 4) is 5.75 Å². The monoisotopic (exact) mass is 246 g/mol. The van der Waals surface area contributed by atoms with Crippen molar-refractivity contribution in [3.05, 3.63) is 27.0 Å². The van der Waals surface area contributed by atoms with Gasteiger partial charge >= 0.3 is 0 Å². The van der Waals surface area contributed by atoms with E-state index in [1.165, 1.54) is 6.92 Å². The molecule has 0 fully saturated rings. The summed E-state index contributed by atoms with van der Waals surface area (Å²) >= 11 is 3.01. The number of benzene rings is 1. The third-order valence-electron chi connectivity index (χ3n) is 2.00. The predicted molar refractivity (Wildman–Crippen MR) is 50.6 cm³/mol. The second-order valence-electron chi connectivity index (χ2n) is 2.76. The zero-order chi connectivity index (χ0) is 10.2. The van der Waals surface area contributed by atoms with Gasteiger partial charge in [0, 0.05) is 5.56 Å². The fourth-order valence-corrected chi connectivity index (χ4v) is 1.53. The summed E-state index contributed by atoms with van der Waals surface area (Å²) in [6, 6.07) is 0. The second-order valence-corrected chi connectivity index (χ2v) is 3.55. The standard InChI is InChI=1S/C9H8BrFO2/c1-4-6(3-12)5(2)8(11)9(13)7(4)10/h3,13H,1-2H3. The Labute approximate surface area is 83.5 Å². The van der Waals surface area contributed by atoms with E-state index in [-0.39, 0.29) is 15.6 Å². The van der Waals surface area contributed by atoms with Crippen LogP contribution in [0.5, 0.6) is 5.75 Å². The molecule has 0 aliphatic rings. The molecule has 0 aliphatic carbocycles. The van der Waals surface area contributed by atoms with Gasteiger partial charge in [0.15, 0.2) is 17.9 Å². The van der Waals surface area contributed by atoms with Crippen LogP contribution in [0.1, 0.15) is 21.5 Å². The Morgan fingerprint density at radius 2 is 1.92 bits per heavy atom. The third-order valence-corrected chi connectivity index (χ3v) is 2.97. The summed E-state index contributed by atoms with van der Waals surface area (Å²) in [5, 5.41) is 9.25. The fraction of sp³-hybridized carbons (Fsp3) is 0.222. The molecule has 0 radical (unpaired) electrons. The maximum absolute atomic E-state index is 13.2. The molecule has 70 valence electrons. The van der Waals surface area contributed by atoms with Crippen molar-refractivity contribution in [1.29, 1.82) is 0 Å². The number of hydrogen-bond donors (Lipinski definition) is 1. The first-order valence-electron chi connectivity index (χ1n) is 3.63. The van der Waals surface area contributed by atoms with Crippen molar-refractivity contribution < 1.29 is 14.3 Å². The van der Waals surface area contributed by atoms with E-state index in [0.717, 1.165) is 0 Å². The summed E-state index contributed by atoms with van der Waals surface area (Å²) in [5.41, 5.74) is 1.00. The van der Waals surface area contributed by atoms with E-state index < -0.39 is 11.6 Å². The Morgan fingerprint density at radius 3 is 2.38 bits per heavy atom. The van der Waals surface area contributed by atoms with E-state index in [0.29, 0.717) is 11.8 Å². The number of rotatable bonds is 1. The zero-order valence-corrected chi connectivity index (χ0v) is 8.77. The molecule has 1 N–H and O–H groups in total. The number of phenols is 1. The predicted octanol–water partition coefficient (Wildman–Crippen LogP) is 2.72. The average Bonchev–Trinajstić information content (AvgIpc) is 2.13. The van der Waals surface area contributed by atoms with Gasteiger partial charge in [-0.1, -0.05) is 0 Å². The molecule has 0 aromatic heterocycles. The van der Waals surface area contributed by atoms with Crippen LogP contribution in [0.4, 0.5) is 4.39 Å². The van der Waals surface area contributed by atoms with E-state index in [1.54, 1.807) is 6.92 Å². The van der Waals surface area contributed by atoms with Crippen molar-refractivity contribution in [2.45, 2.75) is 13.8 Å². The quantitative estimate of drug-likeness (QED) is 0.774. The normalized spacial score (nSPS) is 10.2. The Balaban J connectivity index is 3.66. The maximum Gasteiger partial charge on any atom is 0.169 e. The van der Waals surface area contributed by atoms with Crippen molar-refractivity contribution in [2.24, 2.45) is 0 Å². The van der Waals surface area contributed by atoms with Crippen LogP contribution in [0.3, 0.4) is 0 Å². The maximum atomic E-state index is 13.2. The summed E-state index contributed by atoms with van der Waals surface area (Å²) in [5.74, 6) is -1.19. The molecule has 0 heterocycles. The molecular formula is C9H8BrFO2. The molecule has 1 aromatic rings. The minimum absolute atomic E-state index is 0.174. The van der Waals surface area contributed by atoms with Crippen LogP contribution in [0.25, 0.3) is 0 Å². The second kappa shape index (κ2) is 3.46. The first-order chi connectivity index (χ1) is 6.00. The molecular weight excluding hydrogens is 239 g/mol. The highest BCUT2D eigenvalue weighted by Gasteiger charge is 2.16. The summed E-state index contributed by atoms with van der Waals surface area (Å²) in [6.07, 6.45) is 0.581. The SMILES string of the molecule is Cc1c(F)c(O)c(Br)c(C)c1C=O. The molecule has 0 unspecified atom stereocenters. The van der Waals surface area contributed by atoms with E-state index in [9.17, 15) is 14.3 Å². The van der Waals surface area contributed by atoms with E-state index in [1.807, 2.05) is 0 Å². The van der Waals surface area contributed by atoms with Crippen LogP contribution >= 0.6 is 15.9 Å². The number of phenolic OH excluding ortho intramolecular Hbond substituents is 1. The van der Waals surface area contributed by atoms with E-state index in [4.69, 9.17) is 0 Å². The highest BCUT2D eigenvalue weighted by atomic mass is 79.9. The molecule has 4 heteroatoms. The molecule has 0 spiro atoms. The Bertz CT molecular complexity index is 345. The van der Waals surface area contributed by atoms with Gasteiger partial charge in [0.05, 0.1) is 4.47 Å². The third kappa shape index (κ3) is 1.46. The fourth-order valence-electron chi connectivity index (χ4n) is 1.15. The van der Waals surface area contributed by atoms with Gasteiger partial charge in [0.1, 0.15) is 0 Å². The number of carbonyl (C=O) groups is 1. The molecule has 0 saturated carbocycles. The van der Waals surface area contributed by atoms with Crippen molar-refractivity contribution in [3.63, 3.8) is 0 Å². The zero-order valence-electron chi connectivity index (χ0n) is 7.19. The van der Waals surface area contributed by atoms with Gasteiger partial charge < -0.3 is 5.11 Å². The molecule has 0 saturated heterocycles. The number of aromatic hydroxyl groups is 1. The first-order valence-corrected chi connectivity index (χ1v) is 4.42. The molecule has 2 nitrogen and oxygen atoms in total. The van der Waals surface area contributed by atoms with Crippen molar-refractivity contribution in [1.82, 2.24) is 0 Å². The Hall–Kier alpha value is -0.900. The van der Waals surface area contributed by atoms with E-state index in [2.05, 4.69) is 15.9 Å². The minimum Gasteiger partial charge on any atom is -0.504 e. The van der Waals surface area contributed by atoms with Crippen LogP contribution in [-0.2, 0) is 0 Å².